The third kappa shape index (κ3) is 4.53. The number of carbonyl (C=O) groups excluding carboxylic acids is 1. The standard InChI is InChI=1S/C24H26FN3O2/c1-17-3-4-19(15-18(17)2)22-16-26-23(30-22)9-10-24(29)28-13-11-27(12-14-28)21-7-5-20(25)6-8-21/h3-8,15-16H,9-14H2,1-2H3. The summed E-state index contributed by atoms with van der Waals surface area (Å²) in [5.41, 5.74) is 4.44. The van der Waals surface area contributed by atoms with Crippen LogP contribution >= 0.6 is 0 Å². The van der Waals surface area contributed by atoms with E-state index in [-0.39, 0.29) is 11.7 Å². The van der Waals surface area contributed by atoms with Crippen molar-refractivity contribution in [1.29, 1.82) is 0 Å². The lowest BCUT2D eigenvalue weighted by Crippen LogP contribution is -2.48. The zero-order valence-corrected chi connectivity index (χ0v) is 17.4. The Morgan fingerprint density at radius 1 is 1.03 bits per heavy atom. The van der Waals surface area contributed by atoms with Crippen molar-refractivity contribution in [2.24, 2.45) is 0 Å². The monoisotopic (exact) mass is 407 g/mol. The summed E-state index contributed by atoms with van der Waals surface area (Å²) >= 11 is 0. The Bertz CT molecular complexity index is 1020. The molecular formula is C24H26FN3O2. The van der Waals surface area contributed by atoms with Gasteiger partial charge < -0.3 is 14.2 Å². The molecule has 1 aromatic heterocycles. The molecule has 1 aliphatic rings. The SMILES string of the molecule is Cc1ccc(-c2cnc(CCC(=O)N3CCN(c4ccc(F)cc4)CC3)o2)cc1C. The van der Waals surface area contributed by atoms with Crippen LogP contribution < -0.4 is 4.90 Å². The molecule has 0 N–H and O–H groups in total. The summed E-state index contributed by atoms with van der Waals surface area (Å²) in [5.74, 6) is 1.19. The first kappa shape index (κ1) is 20.1. The molecule has 1 amide bonds. The van der Waals surface area contributed by atoms with Crippen LogP contribution in [0.5, 0.6) is 0 Å². The van der Waals surface area contributed by atoms with Crippen LogP contribution in [-0.2, 0) is 11.2 Å². The van der Waals surface area contributed by atoms with Gasteiger partial charge in [-0.05, 0) is 55.3 Å². The van der Waals surface area contributed by atoms with E-state index in [2.05, 4.69) is 35.9 Å². The molecule has 1 saturated heterocycles. The summed E-state index contributed by atoms with van der Waals surface area (Å²) in [4.78, 5) is 21.0. The van der Waals surface area contributed by atoms with Crippen molar-refractivity contribution in [2.75, 3.05) is 31.1 Å². The predicted octanol–water partition coefficient (Wildman–Crippen LogP) is 4.38. The third-order valence-electron chi connectivity index (χ3n) is 5.72. The van der Waals surface area contributed by atoms with Gasteiger partial charge in [0.2, 0.25) is 5.91 Å². The minimum atomic E-state index is -0.236. The average molecular weight is 407 g/mol. The number of amides is 1. The molecule has 4 rings (SSSR count). The molecule has 5 nitrogen and oxygen atoms in total. The number of benzene rings is 2. The smallest absolute Gasteiger partial charge is 0.223 e. The van der Waals surface area contributed by atoms with Crippen LogP contribution in [0.2, 0.25) is 0 Å². The molecule has 3 aromatic rings. The highest BCUT2D eigenvalue weighted by Crippen LogP contribution is 2.23. The first-order valence-corrected chi connectivity index (χ1v) is 10.3. The molecule has 0 saturated carbocycles. The van der Waals surface area contributed by atoms with Crippen molar-refractivity contribution >= 4 is 11.6 Å². The van der Waals surface area contributed by atoms with Crippen LogP contribution in [0.1, 0.15) is 23.4 Å². The van der Waals surface area contributed by atoms with Gasteiger partial charge in [0, 0.05) is 50.3 Å². The number of aryl methyl sites for hydroxylation is 3. The number of hydrogen-bond acceptors (Lipinski definition) is 4. The van der Waals surface area contributed by atoms with E-state index in [4.69, 9.17) is 4.42 Å². The highest BCUT2D eigenvalue weighted by Gasteiger charge is 2.21. The van der Waals surface area contributed by atoms with Crippen LogP contribution in [0.4, 0.5) is 10.1 Å². The number of aromatic nitrogens is 1. The third-order valence-corrected chi connectivity index (χ3v) is 5.72. The van der Waals surface area contributed by atoms with Crippen molar-refractivity contribution in [3.8, 4) is 11.3 Å². The van der Waals surface area contributed by atoms with E-state index in [1.807, 2.05) is 11.0 Å². The molecule has 1 aliphatic heterocycles. The molecule has 0 unspecified atom stereocenters. The average Bonchev–Trinajstić information content (AvgIpc) is 3.24. The van der Waals surface area contributed by atoms with Gasteiger partial charge in [-0.15, -0.1) is 0 Å². The largest absolute Gasteiger partial charge is 0.441 e. The van der Waals surface area contributed by atoms with Gasteiger partial charge in [0.1, 0.15) is 5.82 Å². The fourth-order valence-electron chi connectivity index (χ4n) is 3.69. The van der Waals surface area contributed by atoms with Crippen LogP contribution in [0.15, 0.2) is 53.1 Å². The van der Waals surface area contributed by atoms with Crippen molar-refractivity contribution in [1.82, 2.24) is 9.88 Å². The number of rotatable bonds is 5. The van der Waals surface area contributed by atoms with Gasteiger partial charge >= 0.3 is 0 Å². The normalized spacial score (nSPS) is 14.2. The summed E-state index contributed by atoms with van der Waals surface area (Å²) in [6, 6.07) is 12.7. The predicted molar refractivity (Wildman–Crippen MR) is 115 cm³/mol. The maximum atomic E-state index is 13.1. The first-order chi connectivity index (χ1) is 14.5. The van der Waals surface area contributed by atoms with Crippen LogP contribution in [0, 0.1) is 19.7 Å². The van der Waals surface area contributed by atoms with Crippen LogP contribution in [-0.4, -0.2) is 42.0 Å². The number of halogens is 1. The van der Waals surface area contributed by atoms with E-state index in [9.17, 15) is 9.18 Å². The van der Waals surface area contributed by atoms with E-state index >= 15 is 0 Å². The molecule has 1 fully saturated rings. The fraction of sp³-hybridized carbons (Fsp3) is 0.333. The van der Waals surface area contributed by atoms with Gasteiger partial charge in [0.05, 0.1) is 6.20 Å². The summed E-state index contributed by atoms with van der Waals surface area (Å²) < 4.78 is 19.0. The van der Waals surface area contributed by atoms with E-state index in [0.29, 0.717) is 31.8 Å². The van der Waals surface area contributed by atoms with Crippen molar-refractivity contribution in [3.05, 3.63) is 71.5 Å². The van der Waals surface area contributed by atoms with E-state index in [0.717, 1.165) is 30.1 Å². The minimum absolute atomic E-state index is 0.111. The van der Waals surface area contributed by atoms with Gasteiger partial charge in [-0.25, -0.2) is 9.37 Å². The maximum Gasteiger partial charge on any atom is 0.223 e. The van der Waals surface area contributed by atoms with Gasteiger partial charge in [0.15, 0.2) is 11.7 Å². The summed E-state index contributed by atoms with van der Waals surface area (Å²) in [7, 11) is 0. The zero-order valence-electron chi connectivity index (χ0n) is 17.4. The fourth-order valence-corrected chi connectivity index (χ4v) is 3.69. The van der Waals surface area contributed by atoms with Gasteiger partial charge in [-0.3, -0.25) is 4.79 Å². The molecule has 0 radical (unpaired) electrons. The lowest BCUT2D eigenvalue weighted by molar-refractivity contribution is -0.131. The molecule has 0 bridgehead atoms. The highest BCUT2D eigenvalue weighted by atomic mass is 19.1. The molecule has 2 aromatic carbocycles. The van der Waals surface area contributed by atoms with E-state index in [1.54, 1.807) is 18.3 Å². The Kier molecular flexibility index (Phi) is 5.84. The highest BCUT2D eigenvalue weighted by molar-refractivity contribution is 5.76. The van der Waals surface area contributed by atoms with Gasteiger partial charge in [0.25, 0.3) is 0 Å². The quantitative estimate of drug-likeness (QED) is 0.630. The van der Waals surface area contributed by atoms with Gasteiger partial charge in [-0.2, -0.15) is 0 Å². The Hall–Kier alpha value is -3.15. The number of carbonyl (C=O) groups is 1. The number of hydrogen-bond donors (Lipinski definition) is 0. The number of piperazine rings is 1. The Labute approximate surface area is 176 Å². The molecule has 0 spiro atoms. The summed E-state index contributed by atoms with van der Waals surface area (Å²) in [5, 5.41) is 0. The second-order valence-corrected chi connectivity index (χ2v) is 7.76. The summed E-state index contributed by atoms with van der Waals surface area (Å²) in [6.07, 6.45) is 2.59. The second kappa shape index (κ2) is 8.69. The molecule has 156 valence electrons. The van der Waals surface area contributed by atoms with Crippen molar-refractivity contribution < 1.29 is 13.6 Å². The molecule has 0 aliphatic carbocycles. The van der Waals surface area contributed by atoms with Crippen LogP contribution in [0.25, 0.3) is 11.3 Å². The first-order valence-electron chi connectivity index (χ1n) is 10.3. The number of nitrogens with zero attached hydrogens (tertiary/aromatic N) is 3. The van der Waals surface area contributed by atoms with Crippen LogP contribution in [0.3, 0.4) is 0 Å². The van der Waals surface area contributed by atoms with E-state index in [1.165, 1.54) is 23.3 Å². The molecular weight excluding hydrogens is 381 g/mol. The lowest BCUT2D eigenvalue weighted by atomic mass is 10.1. The van der Waals surface area contributed by atoms with E-state index < -0.39 is 0 Å². The molecule has 0 atom stereocenters. The second-order valence-electron chi connectivity index (χ2n) is 7.76. The zero-order chi connectivity index (χ0) is 21.1. The topological polar surface area (TPSA) is 49.6 Å². The minimum Gasteiger partial charge on any atom is -0.441 e. The Morgan fingerprint density at radius 2 is 1.77 bits per heavy atom. The van der Waals surface area contributed by atoms with Crippen molar-refractivity contribution in [2.45, 2.75) is 26.7 Å². The van der Waals surface area contributed by atoms with Crippen molar-refractivity contribution in [3.63, 3.8) is 0 Å². The Balaban J connectivity index is 1.28. The number of anilines is 1. The molecule has 2 heterocycles. The Morgan fingerprint density at radius 3 is 2.47 bits per heavy atom. The lowest BCUT2D eigenvalue weighted by Gasteiger charge is -2.36. The molecule has 30 heavy (non-hydrogen) atoms. The molecule has 6 heteroatoms. The number of oxazole rings is 1. The van der Waals surface area contributed by atoms with Gasteiger partial charge in [-0.1, -0.05) is 12.1 Å². The summed E-state index contributed by atoms with van der Waals surface area (Å²) in [6.45, 7) is 6.96. The maximum absolute atomic E-state index is 13.1.